The molecule has 0 aliphatic carbocycles. The van der Waals surface area contributed by atoms with Crippen molar-refractivity contribution in [2.75, 3.05) is 0 Å². The maximum absolute atomic E-state index is 5.78. The summed E-state index contributed by atoms with van der Waals surface area (Å²) in [4.78, 5) is 0. The van der Waals surface area contributed by atoms with Gasteiger partial charge in [-0.1, -0.05) is 72.9 Å². The maximum Gasteiger partial charge on any atom is 0.216 e. The number of halogens is 3. The summed E-state index contributed by atoms with van der Waals surface area (Å²) >= 11 is 17.3. The Kier molecular flexibility index (Phi) is 4.12. The third kappa shape index (κ3) is 3.68. The molecule has 0 aliphatic heterocycles. The minimum Gasteiger partial charge on any atom is -0.0784 e. The van der Waals surface area contributed by atoms with E-state index in [-0.39, 0.29) is 0 Å². The second kappa shape index (κ2) is 4.74. The largest absolute Gasteiger partial charge is 0.216 e. The molecule has 1 atom stereocenters. The zero-order valence-corrected chi connectivity index (χ0v) is 10.2. The molecular formula is C11H12Cl3. The highest BCUT2D eigenvalue weighted by Gasteiger charge is 2.22. The van der Waals surface area contributed by atoms with E-state index in [9.17, 15) is 0 Å². The molecule has 1 aromatic rings. The third-order valence-corrected chi connectivity index (χ3v) is 2.49. The molecule has 1 aromatic carbocycles. The highest BCUT2D eigenvalue weighted by molar-refractivity contribution is 6.66. The van der Waals surface area contributed by atoms with E-state index in [0.717, 1.165) is 12.0 Å². The van der Waals surface area contributed by atoms with E-state index in [1.165, 1.54) is 0 Å². The highest BCUT2D eigenvalue weighted by Crippen LogP contribution is 2.38. The molecule has 0 saturated heterocycles. The zero-order chi connectivity index (χ0) is 10.8. The van der Waals surface area contributed by atoms with Crippen LogP contribution in [0.15, 0.2) is 24.3 Å². The molecule has 0 aliphatic rings. The lowest BCUT2D eigenvalue weighted by Crippen LogP contribution is -2.02. The lowest BCUT2D eigenvalue weighted by atomic mass is 10.0. The average molecular weight is 251 g/mol. The summed E-state index contributed by atoms with van der Waals surface area (Å²) in [6.07, 6.45) is 0.897. The molecule has 1 rings (SSSR count). The smallest absolute Gasteiger partial charge is 0.0784 e. The molecule has 1 unspecified atom stereocenters. The van der Waals surface area contributed by atoms with Gasteiger partial charge in [0.25, 0.3) is 0 Å². The van der Waals surface area contributed by atoms with Gasteiger partial charge in [0.05, 0.1) is 0 Å². The van der Waals surface area contributed by atoms with Gasteiger partial charge in [0.1, 0.15) is 0 Å². The number of hydrogen-bond acceptors (Lipinski definition) is 0. The Labute approximate surface area is 100 Å². The predicted molar refractivity (Wildman–Crippen MR) is 63.9 cm³/mol. The topological polar surface area (TPSA) is 0 Å². The van der Waals surface area contributed by atoms with E-state index in [2.05, 4.69) is 13.8 Å². The van der Waals surface area contributed by atoms with Crippen LogP contribution in [-0.4, -0.2) is 0 Å². The normalized spacial score (nSPS) is 12.1. The Balaban J connectivity index is 2.90. The number of alkyl halides is 3. The first-order valence-corrected chi connectivity index (χ1v) is 5.52. The van der Waals surface area contributed by atoms with E-state index < -0.39 is 3.79 Å². The molecular weight excluding hydrogens is 238 g/mol. The predicted octanol–water partition coefficient (Wildman–Crippen LogP) is 4.53. The van der Waals surface area contributed by atoms with E-state index in [1.807, 2.05) is 24.3 Å². The first-order valence-electron chi connectivity index (χ1n) is 4.39. The van der Waals surface area contributed by atoms with Gasteiger partial charge >= 0.3 is 0 Å². The Morgan fingerprint density at radius 2 is 2.00 bits per heavy atom. The van der Waals surface area contributed by atoms with Gasteiger partial charge in [0.15, 0.2) is 0 Å². The fourth-order valence-electron chi connectivity index (χ4n) is 1.28. The molecule has 0 heterocycles. The standard InChI is InChI=1S/C11H12Cl3/c1-8(2)6-9-4-3-5-10(7-9)11(12,13)14/h3-5,7-8H,1,6H2,2H3. The van der Waals surface area contributed by atoms with Crippen LogP contribution in [0.1, 0.15) is 18.1 Å². The minimum absolute atomic E-state index is 0.362. The first-order chi connectivity index (χ1) is 6.39. The number of hydrogen-bond donors (Lipinski definition) is 0. The number of benzene rings is 1. The SMILES string of the molecule is [CH2]C(C)Cc1cccc(C(Cl)(Cl)Cl)c1. The van der Waals surface area contributed by atoms with E-state index in [1.54, 1.807) is 0 Å². The Morgan fingerprint density at radius 3 is 2.50 bits per heavy atom. The molecule has 0 spiro atoms. The van der Waals surface area contributed by atoms with Crippen molar-refractivity contribution in [3.05, 3.63) is 42.3 Å². The van der Waals surface area contributed by atoms with E-state index in [4.69, 9.17) is 34.8 Å². The molecule has 14 heavy (non-hydrogen) atoms. The second-order valence-electron chi connectivity index (χ2n) is 3.51. The van der Waals surface area contributed by atoms with Crippen molar-refractivity contribution in [2.45, 2.75) is 17.1 Å². The van der Waals surface area contributed by atoms with Crippen molar-refractivity contribution < 1.29 is 0 Å². The fourth-order valence-corrected chi connectivity index (χ4v) is 1.63. The Morgan fingerprint density at radius 1 is 1.36 bits per heavy atom. The Hall–Kier alpha value is 0.0900. The van der Waals surface area contributed by atoms with Gasteiger partial charge in [0, 0.05) is 5.56 Å². The summed E-state index contributed by atoms with van der Waals surface area (Å²) in [6.45, 7) is 5.98. The number of rotatable bonds is 2. The van der Waals surface area contributed by atoms with Crippen molar-refractivity contribution >= 4 is 34.8 Å². The van der Waals surface area contributed by atoms with Crippen LogP contribution in [0.25, 0.3) is 0 Å². The second-order valence-corrected chi connectivity index (χ2v) is 5.79. The van der Waals surface area contributed by atoms with Gasteiger partial charge in [-0.25, -0.2) is 0 Å². The molecule has 3 heteroatoms. The molecule has 0 aromatic heterocycles. The van der Waals surface area contributed by atoms with Crippen molar-refractivity contribution in [3.8, 4) is 0 Å². The summed E-state index contributed by atoms with van der Waals surface area (Å²) in [5, 5.41) is 0. The van der Waals surface area contributed by atoms with Gasteiger partial charge in [-0.3, -0.25) is 0 Å². The fraction of sp³-hybridized carbons (Fsp3) is 0.364. The van der Waals surface area contributed by atoms with Crippen LogP contribution < -0.4 is 0 Å². The summed E-state index contributed by atoms with van der Waals surface area (Å²) in [5.74, 6) is 0.362. The molecule has 0 bridgehead atoms. The van der Waals surface area contributed by atoms with Gasteiger partial charge in [-0.2, -0.15) is 0 Å². The van der Waals surface area contributed by atoms with Gasteiger partial charge in [-0.05, 0) is 17.9 Å². The van der Waals surface area contributed by atoms with Crippen LogP contribution in [0, 0.1) is 12.8 Å². The summed E-state index contributed by atoms with van der Waals surface area (Å²) in [6, 6.07) is 7.63. The van der Waals surface area contributed by atoms with Crippen LogP contribution >= 0.6 is 34.8 Å². The molecule has 0 N–H and O–H groups in total. The van der Waals surface area contributed by atoms with Crippen LogP contribution in [0.2, 0.25) is 0 Å². The van der Waals surface area contributed by atoms with Gasteiger partial charge < -0.3 is 0 Å². The van der Waals surface area contributed by atoms with Gasteiger partial charge in [0.2, 0.25) is 3.79 Å². The quantitative estimate of drug-likeness (QED) is 0.677. The van der Waals surface area contributed by atoms with Crippen molar-refractivity contribution in [1.29, 1.82) is 0 Å². The average Bonchev–Trinajstić information content (AvgIpc) is 2.01. The molecule has 0 saturated carbocycles. The Bertz CT molecular complexity index is 300. The van der Waals surface area contributed by atoms with Crippen LogP contribution in [0.4, 0.5) is 0 Å². The molecule has 0 amide bonds. The first kappa shape index (κ1) is 12.2. The molecule has 77 valence electrons. The highest BCUT2D eigenvalue weighted by atomic mass is 35.6. The van der Waals surface area contributed by atoms with Crippen molar-refractivity contribution in [2.24, 2.45) is 5.92 Å². The molecule has 0 fully saturated rings. The van der Waals surface area contributed by atoms with Crippen molar-refractivity contribution in [3.63, 3.8) is 0 Å². The maximum atomic E-state index is 5.78. The zero-order valence-electron chi connectivity index (χ0n) is 7.93. The monoisotopic (exact) mass is 249 g/mol. The van der Waals surface area contributed by atoms with E-state index >= 15 is 0 Å². The molecule has 0 nitrogen and oxygen atoms in total. The van der Waals surface area contributed by atoms with Gasteiger partial charge in [-0.15, -0.1) is 0 Å². The summed E-state index contributed by atoms with van der Waals surface area (Å²) in [7, 11) is 0. The lowest BCUT2D eigenvalue weighted by Gasteiger charge is -2.13. The van der Waals surface area contributed by atoms with E-state index in [0.29, 0.717) is 11.5 Å². The van der Waals surface area contributed by atoms with Crippen LogP contribution in [0.3, 0.4) is 0 Å². The summed E-state index contributed by atoms with van der Waals surface area (Å²) in [5.41, 5.74) is 1.86. The van der Waals surface area contributed by atoms with Crippen molar-refractivity contribution in [1.82, 2.24) is 0 Å². The molecule has 1 radical (unpaired) electrons. The van der Waals surface area contributed by atoms with Crippen LogP contribution in [-0.2, 0) is 10.2 Å². The lowest BCUT2D eigenvalue weighted by molar-refractivity contribution is 0.718. The third-order valence-electron chi connectivity index (χ3n) is 1.84. The van der Waals surface area contributed by atoms with Crippen LogP contribution in [0.5, 0.6) is 0 Å². The minimum atomic E-state index is -1.33. The summed E-state index contributed by atoms with van der Waals surface area (Å²) < 4.78 is -1.33.